The second-order valence-electron chi connectivity index (χ2n) is 7.83. The highest BCUT2D eigenvalue weighted by atomic mass is 35.5. The van der Waals surface area contributed by atoms with Crippen molar-refractivity contribution in [1.82, 2.24) is 9.88 Å². The Labute approximate surface area is 201 Å². The lowest BCUT2D eigenvalue weighted by atomic mass is 10.1. The normalized spacial score (nSPS) is 15.4. The van der Waals surface area contributed by atoms with E-state index in [0.29, 0.717) is 27.7 Å². The number of methoxy groups -OCH3 is 1. The molecule has 0 spiro atoms. The van der Waals surface area contributed by atoms with Crippen LogP contribution in [0.25, 0.3) is 0 Å². The number of anilines is 2. The molecule has 2 aromatic carbocycles. The Balaban J connectivity index is 1.64. The Kier molecular flexibility index (Phi) is 7.20. The van der Waals surface area contributed by atoms with Gasteiger partial charge in [0, 0.05) is 42.7 Å². The number of halogens is 1. The predicted octanol–water partition coefficient (Wildman–Crippen LogP) is 3.53. The van der Waals surface area contributed by atoms with E-state index in [1.807, 2.05) is 12.1 Å². The zero-order valence-corrected chi connectivity index (χ0v) is 19.2. The van der Waals surface area contributed by atoms with E-state index in [9.17, 15) is 14.4 Å². The second-order valence-corrected chi connectivity index (χ2v) is 8.27. The summed E-state index contributed by atoms with van der Waals surface area (Å²) in [4.78, 5) is 44.4. The van der Waals surface area contributed by atoms with Gasteiger partial charge in [-0.2, -0.15) is 0 Å². The average Bonchev–Trinajstić information content (AvgIpc) is 2.91. The van der Waals surface area contributed by atoms with E-state index in [2.05, 4.69) is 15.6 Å². The van der Waals surface area contributed by atoms with Crippen molar-refractivity contribution in [3.05, 3.63) is 88.7 Å². The topological polar surface area (TPSA) is 101 Å². The lowest BCUT2D eigenvalue weighted by molar-refractivity contribution is -0.121. The zero-order chi connectivity index (χ0) is 24.1. The number of pyridine rings is 1. The molecular weight excluding hydrogens is 456 g/mol. The molecule has 2 heterocycles. The van der Waals surface area contributed by atoms with E-state index in [-0.39, 0.29) is 37.3 Å². The molecule has 174 valence electrons. The van der Waals surface area contributed by atoms with Gasteiger partial charge >= 0.3 is 0 Å². The monoisotopic (exact) mass is 478 g/mol. The quantitative estimate of drug-likeness (QED) is 0.541. The summed E-state index contributed by atoms with van der Waals surface area (Å²) in [6.07, 6.45) is 1.91. The van der Waals surface area contributed by atoms with Crippen molar-refractivity contribution in [3.63, 3.8) is 0 Å². The number of nitrogens with zero attached hydrogens (tertiary/aromatic N) is 2. The lowest BCUT2D eigenvalue weighted by Gasteiger charge is -2.28. The molecule has 9 heteroatoms. The first-order valence-electron chi connectivity index (χ1n) is 10.6. The van der Waals surface area contributed by atoms with Crippen LogP contribution < -0.4 is 10.6 Å². The van der Waals surface area contributed by atoms with Crippen molar-refractivity contribution in [2.45, 2.75) is 19.0 Å². The minimum atomic E-state index is -0.783. The molecule has 0 fully saturated rings. The lowest BCUT2D eigenvalue weighted by Crippen LogP contribution is -2.46. The SMILES string of the molecule is COCC(=O)Nc1ccc(CN2C(=O)c3ccc(Cl)cc3NC(=O)C2Cc2ccccn2)cc1. The van der Waals surface area contributed by atoms with Crippen LogP contribution in [0.2, 0.25) is 5.02 Å². The Morgan fingerprint density at radius 1 is 1.15 bits per heavy atom. The van der Waals surface area contributed by atoms with Crippen LogP contribution in [-0.4, -0.2) is 47.4 Å². The molecule has 0 saturated carbocycles. The van der Waals surface area contributed by atoms with Gasteiger partial charge < -0.3 is 20.3 Å². The van der Waals surface area contributed by atoms with Crippen LogP contribution in [0.1, 0.15) is 21.6 Å². The summed E-state index contributed by atoms with van der Waals surface area (Å²) in [5, 5.41) is 6.00. The van der Waals surface area contributed by atoms with Crippen LogP contribution in [-0.2, 0) is 27.3 Å². The molecule has 0 saturated heterocycles. The third kappa shape index (κ3) is 5.41. The van der Waals surface area contributed by atoms with Gasteiger partial charge in [-0.15, -0.1) is 0 Å². The third-order valence-electron chi connectivity index (χ3n) is 5.40. The molecule has 1 aromatic heterocycles. The first kappa shape index (κ1) is 23.4. The van der Waals surface area contributed by atoms with Crippen molar-refractivity contribution in [3.8, 4) is 0 Å². The average molecular weight is 479 g/mol. The molecule has 34 heavy (non-hydrogen) atoms. The maximum Gasteiger partial charge on any atom is 0.256 e. The molecule has 1 aliphatic rings. The Bertz CT molecular complexity index is 1200. The molecule has 1 unspecified atom stereocenters. The molecule has 3 amide bonds. The summed E-state index contributed by atoms with van der Waals surface area (Å²) >= 11 is 6.10. The fourth-order valence-corrected chi connectivity index (χ4v) is 3.95. The van der Waals surface area contributed by atoms with Gasteiger partial charge in [0.25, 0.3) is 5.91 Å². The van der Waals surface area contributed by atoms with Gasteiger partial charge in [0.15, 0.2) is 0 Å². The van der Waals surface area contributed by atoms with Crippen LogP contribution in [0.3, 0.4) is 0 Å². The Morgan fingerprint density at radius 3 is 2.65 bits per heavy atom. The van der Waals surface area contributed by atoms with Crippen molar-refractivity contribution in [1.29, 1.82) is 0 Å². The molecule has 1 atom stereocenters. The van der Waals surface area contributed by atoms with Crippen LogP contribution in [0.15, 0.2) is 66.9 Å². The maximum atomic E-state index is 13.6. The van der Waals surface area contributed by atoms with Gasteiger partial charge in [0.2, 0.25) is 11.8 Å². The van der Waals surface area contributed by atoms with Crippen molar-refractivity contribution in [2.75, 3.05) is 24.4 Å². The van der Waals surface area contributed by atoms with Crippen molar-refractivity contribution >= 4 is 40.7 Å². The molecule has 0 bridgehead atoms. The van der Waals surface area contributed by atoms with E-state index >= 15 is 0 Å². The number of amides is 3. The van der Waals surface area contributed by atoms with Gasteiger partial charge in [-0.1, -0.05) is 29.8 Å². The van der Waals surface area contributed by atoms with E-state index in [4.69, 9.17) is 16.3 Å². The summed E-state index contributed by atoms with van der Waals surface area (Å²) < 4.78 is 4.82. The highest BCUT2D eigenvalue weighted by Gasteiger charge is 2.35. The van der Waals surface area contributed by atoms with E-state index < -0.39 is 6.04 Å². The highest BCUT2D eigenvalue weighted by molar-refractivity contribution is 6.31. The first-order chi connectivity index (χ1) is 16.4. The Morgan fingerprint density at radius 2 is 1.94 bits per heavy atom. The number of aromatic nitrogens is 1. The van der Waals surface area contributed by atoms with E-state index in [0.717, 1.165) is 5.56 Å². The predicted molar refractivity (Wildman–Crippen MR) is 129 cm³/mol. The van der Waals surface area contributed by atoms with Crippen molar-refractivity contribution in [2.24, 2.45) is 0 Å². The van der Waals surface area contributed by atoms with Gasteiger partial charge in [-0.25, -0.2) is 0 Å². The molecule has 3 aromatic rings. The minimum Gasteiger partial charge on any atom is -0.375 e. The number of nitrogens with one attached hydrogen (secondary N) is 2. The number of carbonyl (C=O) groups excluding carboxylic acids is 3. The van der Waals surface area contributed by atoms with E-state index in [1.54, 1.807) is 59.6 Å². The number of rotatable bonds is 7. The summed E-state index contributed by atoms with van der Waals surface area (Å²) in [5.74, 6) is -0.868. The van der Waals surface area contributed by atoms with E-state index in [1.165, 1.54) is 7.11 Å². The number of fused-ring (bicyclic) bond motifs is 1. The largest absolute Gasteiger partial charge is 0.375 e. The molecule has 0 radical (unpaired) electrons. The fraction of sp³-hybridized carbons (Fsp3) is 0.200. The number of ether oxygens (including phenoxy) is 1. The molecule has 0 aliphatic carbocycles. The van der Waals surface area contributed by atoms with Crippen LogP contribution >= 0.6 is 11.6 Å². The number of carbonyl (C=O) groups is 3. The third-order valence-corrected chi connectivity index (χ3v) is 5.64. The zero-order valence-electron chi connectivity index (χ0n) is 18.5. The molecule has 2 N–H and O–H groups in total. The van der Waals surface area contributed by atoms with Gasteiger partial charge in [-0.05, 0) is 48.0 Å². The second kappa shape index (κ2) is 10.5. The fourth-order valence-electron chi connectivity index (χ4n) is 3.78. The highest BCUT2D eigenvalue weighted by Crippen LogP contribution is 2.28. The summed E-state index contributed by atoms with van der Waals surface area (Å²) in [6, 6.07) is 16.6. The number of benzene rings is 2. The van der Waals surface area contributed by atoms with Gasteiger partial charge in [-0.3, -0.25) is 19.4 Å². The molecular formula is C25H23ClN4O4. The summed E-state index contributed by atoms with van der Waals surface area (Å²) in [5.41, 5.74) is 2.85. The summed E-state index contributed by atoms with van der Waals surface area (Å²) in [6.45, 7) is 0.149. The van der Waals surface area contributed by atoms with Crippen LogP contribution in [0, 0.1) is 0 Å². The van der Waals surface area contributed by atoms with Gasteiger partial charge in [0.05, 0.1) is 11.3 Å². The minimum absolute atomic E-state index is 0.0439. The first-order valence-corrected chi connectivity index (χ1v) is 11.0. The molecule has 1 aliphatic heterocycles. The Hall–Kier alpha value is -3.75. The standard InChI is InChI=1S/C25H23ClN4O4/c1-34-15-23(31)28-18-8-5-16(6-9-18)14-30-22(13-19-4-2-3-11-27-19)24(32)29-21-12-17(26)7-10-20(21)25(30)33/h2-12,22H,13-15H2,1H3,(H,28,31)(H,29,32). The smallest absolute Gasteiger partial charge is 0.256 e. The van der Waals surface area contributed by atoms with Crippen LogP contribution in [0.5, 0.6) is 0 Å². The van der Waals surface area contributed by atoms with Crippen LogP contribution in [0.4, 0.5) is 11.4 Å². The summed E-state index contributed by atoms with van der Waals surface area (Å²) in [7, 11) is 1.45. The van der Waals surface area contributed by atoms with Crippen molar-refractivity contribution < 1.29 is 19.1 Å². The molecule has 8 nitrogen and oxygen atoms in total. The van der Waals surface area contributed by atoms with Gasteiger partial charge in [0.1, 0.15) is 12.6 Å². The number of hydrogen-bond acceptors (Lipinski definition) is 5. The maximum absolute atomic E-state index is 13.6. The number of hydrogen-bond donors (Lipinski definition) is 2. The molecule has 4 rings (SSSR count).